The lowest BCUT2D eigenvalue weighted by Gasteiger charge is -2.30. The van der Waals surface area contributed by atoms with Gasteiger partial charge in [0.1, 0.15) is 4.75 Å². The predicted octanol–water partition coefficient (Wildman–Crippen LogP) is 9.59. The van der Waals surface area contributed by atoms with Crippen LogP contribution >= 0.6 is 23.1 Å². The van der Waals surface area contributed by atoms with Gasteiger partial charge >= 0.3 is 12.0 Å². The van der Waals surface area contributed by atoms with Crippen LogP contribution in [0.3, 0.4) is 0 Å². The number of hydrogen-bond donors (Lipinski definition) is 3. The molecule has 3 aliphatic carbocycles. The summed E-state index contributed by atoms with van der Waals surface area (Å²) in [6, 6.07) is 2.16. The molecule has 3 aliphatic rings. The highest BCUT2D eigenvalue weighted by atomic mass is 32.2. The predicted molar refractivity (Wildman–Crippen MR) is 191 cm³/mol. The van der Waals surface area contributed by atoms with Crippen molar-refractivity contribution in [2.75, 3.05) is 13.1 Å². The smallest absolute Gasteiger partial charge is 0.319 e. The second kappa shape index (κ2) is 21.5. The highest BCUT2D eigenvalue weighted by molar-refractivity contribution is 8.03. The van der Waals surface area contributed by atoms with Crippen molar-refractivity contribution >= 4 is 35.1 Å². The minimum absolute atomic E-state index is 0.0881. The van der Waals surface area contributed by atoms with Crippen LogP contribution in [0.1, 0.15) is 161 Å². The van der Waals surface area contributed by atoms with Crippen molar-refractivity contribution < 1.29 is 14.7 Å². The fourth-order valence-electron chi connectivity index (χ4n) is 6.77. The molecule has 1 aromatic rings. The third-order valence-electron chi connectivity index (χ3n) is 9.68. The van der Waals surface area contributed by atoms with Gasteiger partial charge in [-0.1, -0.05) is 102 Å². The average molecular weight is 665 g/mol. The monoisotopic (exact) mass is 664 g/mol. The van der Waals surface area contributed by atoms with E-state index in [1.54, 1.807) is 13.8 Å². The largest absolute Gasteiger partial charge is 0.480 e. The van der Waals surface area contributed by atoms with E-state index in [1.165, 1.54) is 132 Å². The maximum absolute atomic E-state index is 12.9. The fraction of sp³-hybridized carbons (Fsp3) is 0.861. The molecule has 7 nitrogen and oxygen atoms in total. The van der Waals surface area contributed by atoms with Crippen molar-refractivity contribution in [3.63, 3.8) is 0 Å². The first-order chi connectivity index (χ1) is 21.8. The Morgan fingerprint density at radius 1 is 0.844 bits per heavy atom. The molecule has 3 saturated carbocycles. The van der Waals surface area contributed by atoms with E-state index in [2.05, 4.69) is 22.5 Å². The van der Waals surface area contributed by atoms with E-state index in [0.717, 1.165) is 67.3 Å². The number of urea groups is 1. The molecule has 4 rings (SSSR count). The van der Waals surface area contributed by atoms with Crippen LogP contribution in [0, 0.1) is 0 Å². The van der Waals surface area contributed by atoms with Gasteiger partial charge in [-0.3, -0.25) is 4.79 Å². The van der Waals surface area contributed by atoms with Crippen LogP contribution in [0.4, 0.5) is 4.79 Å². The van der Waals surface area contributed by atoms with Crippen LogP contribution < -0.4 is 10.6 Å². The molecule has 3 N–H and O–H groups in total. The molecule has 0 saturated heterocycles. The zero-order valence-corrected chi connectivity index (χ0v) is 30.4. The first-order valence-electron chi connectivity index (χ1n) is 18.4. The summed E-state index contributed by atoms with van der Waals surface area (Å²) in [5.74, 6) is -0.835. The second-order valence-corrected chi connectivity index (χ2v) is 16.9. The van der Waals surface area contributed by atoms with Crippen molar-refractivity contribution in [3.05, 3.63) is 11.1 Å². The number of carboxylic acids is 1. The van der Waals surface area contributed by atoms with Gasteiger partial charge in [0, 0.05) is 36.6 Å². The van der Waals surface area contributed by atoms with E-state index in [4.69, 9.17) is 0 Å². The quantitative estimate of drug-likeness (QED) is 0.120. The molecule has 45 heavy (non-hydrogen) atoms. The number of thioether (sulfide) groups is 1. The number of carbonyl (C=O) groups excluding carboxylic acids is 1. The number of aliphatic carboxylic acids is 1. The van der Waals surface area contributed by atoms with Crippen LogP contribution in [-0.2, 0) is 11.2 Å². The maximum Gasteiger partial charge on any atom is 0.319 e. The first kappa shape index (κ1) is 38.1. The summed E-state index contributed by atoms with van der Waals surface area (Å²) < 4.78 is -0.101. The van der Waals surface area contributed by atoms with E-state index in [9.17, 15) is 14.7 Å². The second-order valence-electron chi connectivity index (χ2n) is 14.1. The molecule has 0 aliphatic heterocycles. The van der Waals surface area contributed by atoms with Gasteiger partial charge in [0.15, 0.2) is 4.34 Å². The fourth-order valence-corrected chi connectivity index (χ4v) is 8.99. The van der Waals surface area contributed by atoms with Gasteiger partial charge in [-0.2, -0.15) is 0 Å². The summed E-state index contributed by atoms with van der Waals surface area (Å²) in [5.41, 5.74) is 0.981. The van der Waals surface area contributed by atoms with Gasteiger partial charge in [0.25, 0.3) is 0 Å². The SMILES string of the molecule is C1CCC(NC2CCCCC2)CC1.CCCCCCCN(CCCc1csc(SC(C)(C)C(=O)O)n1)C(=O)NC1CCCCC1. The minimum atomic E-state index is -0.888. The lowest BCUT2D eigenvalue weighted by atomic mass is 9.91. The van der Waals surface area contributed by atoms with Gasteiger partial charge < -0.3 is 20.6 Å². The maximum atomic E-state index is 12.9. The number of hydrogen-bond acceptors (Lipinski definition) is 6. The van der Waals surface area contributed by atoms with E-state index in [-0.39, 0.29) is 6.03 Å². The number of carbonyl (C=O) groups is 2. The lowest BCUT2D eigenvalue weighted by molar-refractivity contribution is -0.138. The standard InChI is InChI=1S/C24H41N3O3S2.C12H23N/c1-4-5-6-7-11-16-27(22(30)25-19-13-9-8-10-14-19)17-12-15-20-18-31-23(26-20)32-24(2,3)21(28)29;1-3-7-11(8-4-1)13-12-9-5-2-6-10-12/h18-19H,4-17H2,1-3H3,(H,25,30)(H,28,29);11-13H,1-10H2. The van der Waals surface area contributed by atoms with E-state index in [1.807, 2.05) is 10.3 Å². The summed E-state index contributed by atoms with van der Waals surface area (Å²) in [6.07, 6.45) is 28.1. The number of thiazole rings is 1. The molecule has 0 radical (unpaired) electrons. The van der Waals surface area contributed by atoms with Crippen molar-refractivity contribution in [3.8, 4) is 0 Å². The molecule has 0 unspecified atom stereocenters. The van der Waals surface area contributed by atoms with Crippen molar-refractivity contribution in [1.29, 1.82) is 0 Å². The summed E-state index contributed by atoms with van der Waals surface area (Å²) in [7, 11) is 0. The Hall–Kier alpha value is -1.32. The highest BCUT2D eigenvalue weighted by Crippen LogP contribution is 2.35. The summed E-state index contributed by atoms with van der Waals surface area (Å²) in [4.78, 5) is 30.9. The number of nitrogens with one attached hydrogen (secondary N) is 2. The molecule has 1 heterocycles. The number of aromatic nitrogens is 1. The van der Waals surface area contributed by atoms with Gasteiger partial charge in [-0.05, 0) is 71.6 Å². The van der Waals surface area contributed by atoms with E-state index < -0.39 is 10.7 Å². The molecular formula is C36H64N4O3S2. The Bertz CT molecular complexity index is 938. The summed E-state index contributed by atoms with van der Waals surface area (Å²) in [5, 5.41) is 18.5. The minimum Gasteiger partial charge on any atom is -0.480 e. The van der Waals surface area contributed by atoms with Gasteiger partial charge in [-0.15, -0.1) is 11.3 Å². The Kier molecular flexibility index (Phi) is 18.2. The summed E-state index contributed by atoms with van der Waals surface area (Å²) in [6.45, 7) is 7.16. The number of unbranched alkanes of at least 4 members (excludes halogenated alkanes) is 4. The molecule has 0 aromatic carbocycles. The molecule has 1 aromatic heterocycles. The van der Waals surface area contributed by atoms with Gasteiger partial charge in [0.2, 0.25) is 0 Å². The van der Waals surface area contributed by atoms with Crippen molar-refractivity contribution in [2.45, 2.75) is 189 Å². The number of amides is 2. The lowest BCUT2D eigenvalue weighted by Crippen LogP contribution is -2.46. The molecule has 3 fully saturated rings. The molecule has 2 amide bonds. The van der Waals surface area contributed by atoms with Crippen molar-refractivity contribution in [2.24, 2.45) is 0 Å². The molecular weight excluding hydrogens is 601 g/mol. The van der Waals surface area contributed by atoms with Gasteiger partial charge in [-0.25, -0.2) is 9.78 Å². The molecule has 0 spiro atoms. The third-order valence-corrected chi connectivity index (χ3v) is 11.9. The van der Waals surface area contributed by atoms with Crippen LogP contribution in [0.2, 0.25) is 0 Å². The molecule has 9 heteroatoms. The van der Waals surface area contributed by atoms with Gasteiger partial charge in [0.05, 0.1) is 5.69 Å². The normalized spacial score (nSPS) is 18.6. The molecule has 0 atom stereocenters. The average Bonchev–Trinajstić information content (AvgIpc) is 3.48. The van der Waals surface area contributed by atoms with Crippen LogP contribution in [0.15, 0.2) is 9.72 Å². The number of aryl methyl sites for hydroxylation is 1. The van der Waals surface area contributed by atoms with Crippen LogP contribution in [0.5, 0.6) is 0 Å². The zero-order chi connectivity index (χ0) is 32.3. The van der Waals surface area contributed by atoms with Crippen molar-refractivity contribution in [1.82, 2.24) is 20.5 Å². The highest BCUT2D eigenvalue weighted by Gasteiger charge is 2.30. The van der Waals surface area contributed by atoms with Crippen LogP contribution in [-0.4, -0.2) is 63.0 Å². The first-order valence-corrected chi connectivity index (χ1v) is 20.1. The summed E-state index contributed by atoms with van der Waals surface area (Å²) >= 11 is 2.79. The van der Waals surface area contributed by atoms with Crippen LogP contribution in [0.25, 0.3) is 0 Å². The molecule has 0 bridgehead atoms. The Morgan fingerprint density at radius 3 is 1.93 bits per heavy atom. The number of rotatable bonds is 16. The topological polar surface area (TPSA) is 94.6 Å². The third kappa shape index (κ3) is 15.4. The number of carboxylic acid groups (broad SMARTS) is 1. The Balaban J connectivity index is 0.000000350. The Labute approximate surface area is 282 Å². The molecule has 258 valence electrons. The number of nitrogens with zero attached hydrogens (tertiary/aromatic N) is 2. The van der Waals surface area contributed by atoms with E-state index >= 15 is 0 Å². The zero-order valence-electron chi connectivity index (χ0n) is 28.8. The van der Waals surface area contributed by atoms with E-state index in [0.29, 0.717) is 6.04 Å². The Morgan fingerprint density at radius 2 is 1.38 bits per heavy atom.